The van der Waals surface area contributed by atoms with E-state index < -0.39 is 0 Å². The predicted molar refractivity (Wildman–Crippen MR) is 84.6 cm³/mol. The van der Waals surface area contributed by atoms with Crippen molar-refractivity contribution in [2.75, 3.05) is 0 Å². The molecule has 1 heteroatoms. The first kappa shape index (κ1) is 16.8. The lowest BCUT2D eigenvalue weighted by Crippen LogP contribution is -1.94. The van der Waals surface area contributed by atoms with E-state index in [2.05, 4.69) is 13.5 Å². The molecule has 0 amide bonds. The van der Waals surface area contributed by atoms with Gasteiger partial charge in [-0.3, -0.25) is 0 Å². The van der Waals surface area contributed by atoms with E-state index in [0.717, 1.165) is 0 Å². The van der Waals surface area contributed by atoms with Gasteiger partial charge in [0, 0.05) is 0 Å². The van der Waals surface area contributed by atoms with Crippen LogP contribution in [0.4, 0.5) is 0 Å². The molecule has 0 saturated carbocycles. The molecule has 1 aliphatic heterocycles. The Morgan fingerprint density at radius 3 is 1.89 bits per heavy atom. The van der Waals surface area contributed by atoms with E-state index in [9.17, 15) is 0 Å². The van der Waals surface area contributed by atoms with Crippen molar-refractivity contribution < 1.29 is 4.74 Å². The molecule has 1 fully saturated rings. The number of epoxide rings is 1. The SMILES string of the molecule is C=CCCCCCC[C@@H]1O[C@@H]1CCCCCCCC. The first-order chi connectivity index (χ1) is 9.38. The van der Waals surface area contributed by atoms with Crippen LogP contribution in [0.25, 0.3) is 0 Å². The lowest BCUT2D eigenvalue weighted by Gasteiger charge is -1.99. The Kier molecular flexibility index (Phi) is 10.2. The van der Waals surface area contributed by atoms with Crippen molar-refractivity contribution in [2.24, 2.45) is 0 Å². The molecule has 0 spiro atoms. The molecule has 19 heavy (non-hydrogen) atoms. The van der Waals surface area contributed by atoms with Crippen LogP contribution in [0.3, 0.4) is 0 Å². The third-order valence-corrected chi connectivity index (χ3v) is 4.18. The van der Waals surface area contributed by atoms with Gasteiger partial charge < -0.3 is 4.74 Å². The summed E-state index contributed by atoms with van der Waals surface area (Å²) < 4.78 is 5.76. The second kappa shape index (κ2) is 11.5. The van der Waals surface area contributed by atoms with E-state index in [-0.39, 0.29) is 0 Å². The topological polar surface area (TPSA) is 12.5 Å². The first-order valence-corrected chi connectivity index (χ1v) is 8.64. The van der Waals surface area contributed by atoms with Gasteiger partial charge in [-0.05, 0) is 25.7 Å². The second-order valence-corrected chi connectivity index (χ2v) is 6.05. The highest BCUT2D eigenvalue weighted by atomic mass is 16.6. The predicted octanol–water partition coefficient (Wildman–Crippen LogP) is 6.03. The number of rotatable bonds is 14. The quantitative estimate of drug-likeness (QED) is 0.212. The monoisotopic (exact) mass is 266 g/mol. The Bertz CT molecular complexity index is 212. The van der Waals surface area contributed by atoms with Gasteiger partial charge in [-0.2, -0.15) is 0 Å². The summed E-state index contributed by atoms with van der Waals surface area (Å²) >= 11 is 0. The molecular weight excluding hydrogens is 232 g/mol. The van der Waals surface area contributed by atoms with Crippen LogP contribution in [0.2, 0.25) is 0 Å². The van der Waals surface area contributed by atoms with Gasteiger partial charge >= 0.3 is 0 Å². The summed E-state index contributed by atoms with van der Waals surface area (Å²) in [5.41, 5.74) is 0. The number of hydrogen-bond donors (Lipinski definition) is 0. The lowest BCUT2D eigenvalue weighted by atomic mass is 10.0. The van der Waals surface area contributed by atoms with Crippen molar-refractivity contribution in [1.82, 2.24) is 0 Å². The van der Waals surface area contributed by atoms with Gasteiger partial charge in [-0.25, -0.2) is 0 Å². The molecule has 112 valence electrons. The third-order valence-electron chi connectivity index (χ3n) is 4.18. The molecule has 0 bridgehead atoms. The molecule has 0 unspecified atom stereocenters. The second-order valence-electron chi connectivity index (χ2n) is 6.05. The fourth-order valence-corrected chi connectivity index (χ4v) is 2.80. The average molecular weight is 266 g/mol. The Hall–Kier alpha value is -0.300. The van der Waals surface area contributed by atoms with Gasteiger partial charge in [-0.1, -0.05) is 70.8 Å². The maximum absolute atomic E-state index is 5.76. The van der Waals surface area contributed by atoms with Crippen molar-refractivity contribution in [2.45, 2.75) is 103 Å². The van der Waals surface area contributed by atoms with E-state index >= 15 is 0 Å². The third kappa shape index (κ3) is 9.27. The molecule has 0 aromatic heterocycles. The van der Waals surface area contributed by atoms with E-state index in [1.807, 2.05) is 6.08 Å². The minimum Gasteiger partial charge on any atom is -0.370 e. The van der Waals surface area contributed by atoms with E-state index in [0.29, 0.717) is 12.2 Å². The molecule has 1 aliphatic rings. The van der Waals surface area contributed by atoms with Gasteiger partial charge in [0.15, 0.2) is 0 Å². The summed E-state index contributed by atoms with van der Waals surface area (Å²) in [7, 11) is 0. The van der Waals surface area contributed by atoms with E-state index in [1.165, 1.54) is 83.5 Å². The Balaban J connectivity index is 1.77. The Morgan fingerprint density at radius 2 is 1.32 bits per heavy atom. The first-order valence-electron chi connectivity index (χ1n) is 8.64. The Labute approximate surface area is 120 Å². The van der Waals surface area contributed by atoms with Crippen molar-refractivity contribution in [3.05, 3.63) is 12.7 Å². The highest BCUT2D eigenvalue weighted by molar-refractivity contribution is 4.84. The summed E-state index contributed by atoms with van der Waals surface area (Å²) in [5, 5.41) is 0. The van der Waals surface area contributed by atoms with Crippen molar-refractivity contribution in [1.29, 1.82) is 0 Å². The number of hydrogen-bond acceptors (Lipinski definition) is 1. The van der Waals surface area contributed by atoms with Crippen LogP contribution >= 0.6 is 0 Å². The smallest absolute Gasteiger partial charge is 0.0841 e. The van der Waals surface area contributed by atoms with Crippen LogP contribution in [0.1, 0.15) is 90.4 Å². The largest absolute Gasteiger partial charge is 0.370 e. The molecule has 1 rings (SSSR count). The van der Waals surface area contributed by atoms with Crippen LogP contribution in [0, 0.1) is 0 Å². The highest BCUT2D eigenvalue weighted by Crippen LogP contribution is 2.31. The maximum Gasteiger partial charge on any atom is 0.0841 e. The summed E-state index contributed by atoms with van der Waals surface area (Å²) in [6.07, 6.45) is 20.9. The van der Waals surface area contributed by atoms with Gasteiger partial charge in [0.1, 0.15) is 0 Å². The molecule has 0 aromatic carbocycles. The fourth-order valence-electron chi connectivity index (χ4n) is 2.80. The van der Waals surface area contributed by atoms with Gasteiger partial charge in [0.05, 0.1) is 12.2 Å². The van der Waals surface area contributed by atoms with E-state index in [4.69, 9.17) is 4.74 Å². The molecule has 2 atom stereocenters. The van der Waals surface area contributed by atoms with Crippen molar-refractivity contribution in [3.8, 4) is 0 Å². The van der Waals surface area contributed by atoms with Crippen molar-refractivity contribution >= 4 is 0 Å². The standard InChI is InChI=1S/C18H34O/c1-3-5-7-9-11-13-15-17-18(19-17)16-14-12-10-8-6-4-2/h3,17-18H,1,4-16H2,2H3/t17-,18+/m0/s1. The number of unbranched alkanes of at least 4 members (excludes halogenated alkanes) is 9. The lowest BCUT2D eigenvalue weighted by molar-refractivity contribution is 0.347. The zero-order valence-corrected chi connectivity index (χ0v) is 13.0. The maximum atomic E-state index is 5.76. The molecular formula is C18H34O. The van der Waals surface area contributed by atoms with E-state index in [1.54, 1.807) is 0 Å². The zero-order valence-electron chi connectivity index (χ0n) is 13.0. The molecule has 0 N–H and O–H groups in total. The molecule has 1 nitrogen and oxygen atoms in total. The van der Waals surface area contributed by atoms with Gasteiger partial charge in [0.25, 0.3) is 0 Å². The minimum absolute atomic E-state index is 0.620. The normalized spacial score (nSPS) is 21.5. The number of allylic oxidation sites excluding steroid dienone is 1. The summed E-state index contributed by atoms with van der Waals surface area (Å²) in [4.78, 5) is 0. The summed E-state index contributed by atoms with van der Waals surface area (Å²) in [6, 6.07) is 0. The molecule has 1 saturated heterocycles. The zero-order chi connectivity index (χ0) is 13.8. The summed E-state index contributed by atoms with van der Waals surface area (Å²) in [5.74, 6) is 0. The van der Waals surface area contributed by atoms with Crippen molar-refractivity contribution in [3.63, 3.8) is 0 Å². The van der Waals surface area contributed by atoms with Gasteiger partial charge in [-0.15, -0.1) is 6.58 Å². The number of ether oxygens (including phenoxy) is 1. The van der Waals surface area contributed by atoms with Crippen LogP contribution < -0.4 is 0 Å². The molecule has 0 radical (unpaired) electrons. The van der Waals surface area contributed by atoms with Crippen LogP contribution in [-0.4, -0.2) is 12.2 Å². The summed E-state index contributed by atoms with van der Waals surface area (Å²) in [6.45, 7) is 6.04. The average Bonchev–Trinajstić information content (AvgIpc) is 3.16. The molecule has 0 aromatic rings. The fraction of sp³-hybridized carbons (Fsp3) is 0.889. The van der Waals surface area contributed by atoms with Crippen LogP contribution in [0.5, 0.6) is 0 Å². The molecule has 1 heterocycles. The van der Waals surface area contributed by atoms with Crippen LogP contribution in [-0.2, 0) is 4.74 Å². The molecule has 0 aliphatic carbocycles. The minimum atomic E-state index is 0.620. The highest BCUT2D eigenvalue weighted by Gasteiger charge is 2.36. The van der Waals surface area contributed by atoms with Gasteiger partial charge in [0.2, 0.25) is 0 Å². The van der Waals surface area contributed by atoms with Crippen LogP contribution in [0.15, 0.2) is 12.7 Å². The Morgan fingerprint density at radius 1 is 0.789 bits per heavy atom.